The van der Waals surface area contributed by atoms with E-state index in [1.807, 2.05) is 54.8 Å². The predicted molar refractivity (Wildman–Crippen MR) is 103 cm³/mol. The van der Waals surface area contributed by atoms with Crippen LogP contribution in [0.15, 0.2) is 60.0 Å². The van der Waals surface area contributed by atoms with E-state index >= 15 is 0 Å². The first kappa shape index (κ1) is 17.7. The second-order valence-electron chi connectivity index (χ2n) is 5.49. The van der Waals surface area contributed by atoms with Gasteiger partial charge in [0.25, 0.3) is 5.91 Å². The summed E-state index contributed by atoms with van der Waals surface area (Å²) in [6, 6.07) is 16.8. The monoisotopic (exact) mass is 362 g/mol. The summed E-state index contributed by atoms with van der Waals surface area (Å²) < 4.78 is 5.78. The zero-order valence-electron chi connectivity index (χ0n) is 14.4. The van der Waals surface area contributed by atoms with Crippen LogP contribution in [0, 0.1) is 18.8 Å². The van der Waals surface area contributed by atoms with Crippen LogP contribution in [-0.4, -0.2) is 17.4 Å². The maximum atomic E-state index is 12.4. The number of thiazole rings is 1. The molecule has 0 saturated carbocycles. The van der Waals surface area contributed by atoms with E-state index in [4.69, 9.17) is 4.74 Å². The van der Waals surface area contributed by atoms with E-state index in [-0.39, 0.29) is 12.5 Å². The third-order valence-corrected chi connectivity index (χ3v) is 4.34. The Morgan fingerprint density at radius 3 is 2.69 bits per heavy atom. The molecule has 26 heavy (non-hydrogen) atoms. The minimum Gasteiger partial charge on any atom is -0.486 e. The number of ether oxygens (including phenoxy) is 1. The number of hydrogen-bond donors (Lipinski definition) is 1. The van der Waals surface area contributed by atoms with Crippen molar-refractivity contribution in [2.24, 2.45) is 0 Å². The molecule has 0 saturated heterocycles. The molecule has 0 fully saturated rings. The van der Waals surface area contributed by atoms with E-state index in [0.717, 1.165) is 16.3 Å². The van der Waals surface area contributed by atoms with Gasteiger partial charge in [-0.05, 0) is 31.2 Å². The number of aryl methyl sites for hydroxylation is 1. The van der Waals surface area contributed by atoms with Gasteiger partial charge in [0.05, 0.1) is 22.8 Å². The first-order valence-electron chi connectivity index (χ1n) is 8.17. The van der Waals surface area contributed by atoms with Crippen LogP contribution in [0.3, 0.4) is 0 Å². The molecule has 4 nitrogen and oxygen atoms in total. The molecule has 1 amide bonds. The number of rotatable bonds is 5. The zero-order valence-corrected chi connectivity index (χ0v) is 15.2. The minimum atomic E-state index is -0.211. The summed E-state index contributed by atoms with van der Waals surface area (Å²) >= 11 is 1.58. The molecule has 0 spiro atoms. The van der Waals surface area contributed by atoms with E-state index in [2.05, 4.69) is 22.1 Å². The molecule has 5 heteroatoms. The van der Waals surface area contributed by atoms with Gasteiger partial charge in [-0.2, -0.15) is 0 Å². The van der Waals surface area contributed by atoms with Gasteiger partial charge in [-0.3, -0.25) is 4.79 Å². The van der Waals surface area contributed by atoms with Gasteiger partial charge in [0.1, 0.15) is 12.4 Å². The average molecular weight is 362 g/mol. The Morgan fingerprint density at radius 1 is 1.15 bits per heavy atom. The molecule has 1 aromatic heterocycles. The molecule has 130 valence electrons. The summed E-state index contributed by atoms with van der Waals surface area (Å²) in [6.07, 6.45) is 0. The van der Waals surface area contributed by atoms with Crippen LogP contribution in [-0.2, 0) is 6.61 Å². The molecule has 3 aromatic rings. The van der Waals surface area contributed by atoms with E-state index in [1.54, 1.807) is 23.5 Å². The Bertz CT molecular complexity index is 939. The van der Waals surface area contributed by atoms with Gasteiger partial charge in [0.2, 0.25) is 0 Å². The summed E-state index contributed by atoms with van der Waals surface area (Å²) in [4.78, 5) is 16.8. The number of aromatic nitrogens is 1. The molecular weight excluding hydrogens is 344 g/mol. The average Bonchev–Trinajstić information content (AvgIpc) is 3.10. The lowest BCUT2D eigenvalue weighted by atomic mass is 10.2. The van der Waals surface area contributed by atoms with E-state index in [1.165, 1.54) is 0 Å². The molecule has 2 aromatic carbocycles. The fraction of sp³-hybridized carbons (Fsp3) is 0.143. The fourth-order valence-electron chi connectivity index (χ4n) is 2.29. The Kier molecular flexibility index (Phi) is 6.02. The fourth-order valence-corrected chi connectivity index (χ4v) is 2.89. The Labute approximate surface area is 156 Å². The SMILES string of the molecule is Cc1nc(COc2ccccc2C(=O)NCC#Cc2ccccc2)cs1. The lowest BCUT2D eigenvalue weighted by Crippen LogP contribution is -2.24. The van der Waals surface area contributed by atoms with Crippen LogP contribution in [0.2, 0.25) is 0 Å². The van der Waals surface area contributed by atoms with Crippen molar-refractivity contribution in [2.45, 2.75) is 13.5 Å². The summed E-state index contributed by atoms with van der Waals surface area (Å²) in [6.45, 7) is 2.56. The van der Waals surface area contributed by atoms with Gasteiger partial charge < -0.3 is 10.1 Å². The molecule has 0 aliphatic carbocycles. The van der Waals surface area contributed by atoms with Crippen molar-refractivity contribution in [1.29, 1.82) is 0 Å². The molecular formula is C21H18N2O2S. The normalized spacial score (nSPS) is 9.88. The summed E-state index contributed by atoms with van der Waals surface area (Å²) in [5.41, 5.74) is 2.27. The lowest BCUT2D eigenvalue weighted by molar-refractivity contribution is 0.0954. The van der Waals surface area contributed by atoms with E-state index < -0.39 is 0 Å². The van der Waals surface area contributed by atoms with Crippen LogP contribution in [0.5, 0.6) is 5.75 Å². The van der Waals surface area contributed by atoms with Gasteiger partial charge in [-0.25, -0.2) is 4.98 Å². The van der Waals surface area contributed by atoms with Crippen molar-refractivity contribution in [2.75, 3.05) is 6.54 Å². The molecule has 0 radical (unpaired) electrons. The largest absolute Gasteiger partial charge is 0.486 e. The number of carbonyl (C=O) groups excluding carboxylic acids is 1. The standard InChI is InChI=1S/C21H18N2O2S/c1-16-23-18(15-26-16)14-25-20-12-6-5-11-19(20)21(24)22-13-7-10-17-8-3-2-4-9-17/h2-6,8-9,11-12,15H,13-14H2,1H3,(H,22,24). The molecule has 1 heterocycles. The highest BCUT2D eigenvalue weighted by molar-refractivity contribution is 7.09. The Hall–Kier alpha value is -3.10. The summed E-state index contributed by atoms with van der Waals surface area (Å²) in [5.74, 6) is 6.29. The van der Waals surface area contributed by atoms with Crippen molar-refractivity contribution < 1.29 is 9.53 Å². The predicted octanol–water partition coefficient (Wildman–Crippen LogP) is 3.81. The van der Waals surface area contributed by atoms with Crippen LogP contribution in [0.4, 0.5) is 0 Å². The number of hydrogen-bond acceptors (Lipinski definition) is 4. The van der Waals surface area contributed by atoms with Crippen molar-refractivity contribution in [1.82, 2.24) is 10.3 Å². The highest BCUT2D eigenvalue weighted by Gasteiger charge is 2.11. The molecule has 0 aliphatic heterocycles. The second kappa shape index (κ2) is 8.84. The van der Waals surface area contributed by atoms with Gasteiger partial charge in [-0.15, -0.1) is 11.3 Å². The third-order valence-electron chi connectivity index (χ3n) is 3.52. The summed E-state index contributed by atoms with van der Waals surface area (Å²) in [7, 11) is 0. The van der Waals surface area contributed by atoms with Gasteiger partial charge in [0, 0.05) is 10.9 Å². The lowest BCUT2D eigenvalue weighted by Gasteiger charge is -2.10. The Morgan fingerprint density at radius 2 is 1.92 bits per heavy atom. The van der Waals surface area contributed by atoms with E-state index in [9.17, 15) is 4.79 Å². The summed E-state index contributed by atoms with van der Waals surface area (Å²) in [5, 5.41) is 5.75. The second-order valence-corrected chi connectivity index (χ2v) is 6.56. The van der Waals surface area contributed by atoms with Crippen LogP contribution in [0.1, 0.15) is 26.6 Å². The van der Waals surface area contributed by atoms with Crippen LogP contribution >= 0.6 is 11.3 Å². The van der Waals surface area contributed by atoms with Crippen molar-refractivity contribution in [3.05, 3.63) is 81.8 Å². The van der Waals surface area contributed by atoms with Gasteiger partial charge in [0.15, 0.2) is 0 Å². The molecule has 1 N–H and O–H groups in total. The highest BCUT2D eigenvalue weighted by atomic mass is 32.1. The first-order chi connectivity index (χ1) is 12.7. The van der Waals surface area contributed by atoms with Crippen LogP contribution in [0.25, 0.3) is 0 Å². The quantitative estimate of drug-likeness (QED) is 0.702. The number of nitrogens with one attached hydrogen (secondary N) is 1. The number of nitrogens with zero attached hydrogens (tertiary/aromatic N) is 1. The van der Waals surface area contributed by atoms with Crippen LogP contribution < -0.4 is 10.1 Å². The first-order valence-corrected chi connectivity index (χ1v) is 9.05. The molecule has 0 aliphatic rings. The van der Waals surface area contributed by atoms with Gasteiger partial charge in [-0.1, -0.05) is 42.2 Å². The molecule has 0 bridgehead atoms. The number of benzene rings is 2. The Balaban J connectivity index is 1.59. The van der Waals surface area contributed by atoms with Gasteiger partial charge >= 0.3 is 0 Å². The maximum absolute atomic E-state index is 12.4. The minimum absolute atomic E-state index is 0.211. The molecule has 3 rings (SSSR count). The highest BCUT2D eigenvalue weighted by Crippen LogP contribution is 2.19. The van der Waals surface area contributed by atoms with Crippen molar-refractivity contribution >= 4 is 17.2 Å². The number of para-hydroxylation sites is 1. The third kappa shape index (κ3) is 4.95. The van der Waals surface area contributed by atoms with Crippen molar-refractivity contribution in [3.8, 4) is 17.6 Å². The number of carbonyl (C=O) groups is 1. The number of amides is 1. The topological polar surface area (TPSA) is 51.2 Å². The zero-order chi connectivity index (χ0) is 18.2. The molecule has 0 unspecified atom stereocenters. The smallest absolute Gasteiger partial charge is 0.255 e. The van der Waals surface area contributed by atoms with E-state index in [0.29, 0.717) is 17.9 Å². The maximum Gasteiger partial charge on any atom is 0.255 e. The molecule has 0 atom stereocenters. The van der Waals surface area contributed by atoms with Crippen molar-refractivity contribution in [3.63, 3.8) is 0 Å².